The molecule has 1 saturated heterocycles. The van der Waals surface area contributed by atoms with Crippen LogP contribution in [0.4, 0.5) is 8.78 Å². The number of hydrogen-bond acceptors (Lipinski definition) is 4. The molecular weight excluding hydrogens is 432 g/mol. The van der Waals surface area contributed by atoms with Crippen molar-refractivity contribution in [2.45, 2.75) is 31.5 Å². The second-order valence-corrected chi connectivity index (χ2v) is 7.41. The van der Waals surface area contributed by atoms with Crippen LogP contribution >= 0.6 is 15.9 Å². The Morgan fingerprint density at radius 3 is 2.93 bits per heavy atom. The molecule has 0 spiro atoms. The monoisotopic (exact) mass is 451 g/mol. The number of carbonyl (C=O) groups is 1. The summed E-state index contributed by atoms with van der Waals surface area (Å²) in [7, 11) is 0. The van der Waals surface area contributed by atoms with Gasteiger partial charge in [-0.2, -0.15) is 0 Å². The molecule has 28 heavy (non-hydrogen) atoms. The van der Waals surface area contributed by atoms with Crippen LogP contribution in [-0.2, 0) is 4.79 Å². The average Bonchev–Trinajstić information content (AvgIpc) is 3.06. The van der Waals surface area contributed by atoms with E-state index in [-0.39, 0.29) is 18.9 Å². The Hall–Kier alpha value is -2.35. The average molecular weight is 452 g/mol. The van der Waals surface area contributed by atoms with Gasteiger partial charge in [0.1, 0.15) is 22.9 Å². The molecule has 8 heteroatoms. The van der Waals surface area contributed by atoms with Gasteiger partial charge in [0.2, 0.25) is 11.8 Å². The lowest BCUT2D eigenvalue weighted by Crippen LogP contribution is -2.32. The van der Waals surface area contributed by atoms with Crippen molar-refractivity contribution in [2.24, 2.45) is 0 Å². The summed E-state index contributed by atoms with van der Waals surface area (Å²) in [5.74, 6) is -0.275. The molecule has 0 aliphatic carbocycles. The van der Waals surface area contributed by atoms with Crippen LogP contribution in [0.25, 0.3) is 0 Å². The smallest absolute Gasteiger partial charge is 0.249 e. The van der Waals surface area contributed by atoms with E-state index in [1.54, 1.807) is 18.2 Å². The van der Waals surface area contributed by atoms with E-state index < -0.39 is 18.0 Å². The molecule has 2 atom stereocenters. The standard InChI is InChI=1S/C20H20BrF2N3O2/c1-13(4-3-7-28-19-10-18(21)24-12-25-19)20(27)26-11-16(23)9-17(26)14-5-2-6-15(22)8-14/h2,5-6,8,10,12,16-17H,1,3-4,7,9,11H2. The Balaban J connectivity index is 1.55. The Kier molecular flexibility index (Phi) is 6.72. The Bertz CT molecular complexity index is 865. The SMILES string of the molecule is C=C(CCCOc1cc(Br)ncn1)C(=O)N1CC(F)CC1c1cccc(F)c1. The minimum Gasteiger partial charge on any atom is -0.478 e. The number of ether oxygens (including phenoxy) is 1. The van der Waals surface area contributed by atoms with Crippen molar-refractivity contribution in [3.63, 3.8) is 0 Å². The third-order valence-corrected chi connectivity index (χ3v) is 4.96. The van der Waals surface area contributed by atoms with Crippen LogP contribution in [0.15, 0.2) is 53.4 Å². The summed E-state index contributed by atoms with van der Waals surface area (Å²) in [5.41, 5.74) is 0.974. The number of aromatic nitrogens is 2. The van der Waals surface area contributed by atoms with Gasteiger partial charge < -0.3 is 9.64 Å². The van der Waals surface area contributed by atoms with Gasteiger partial charge >= 0.3 is 0 Å². The molecule has 2 heterocycles. The molecule has 0 radical (unpaired) electrons. The van der Waals surface area contributed by atoms with Crippen molar-refractivity contribution in [1.82, 2.24) is 14.9 Å². The van der Waals surface area contributed by atoms with Crippen LogP contribution in [0.5, 0.6) is 5.88 Å². The van der Waals surface area contributed by atoms with E-state index >= 15 is 0 Å². The van der Waals surface area contributed by atoms with Crippen molar-refractivity contribution < 1.29 is 18.3 Å². The van der Waals surface area contributed by atoms with Gasteiger partial charge in [-0.05, 0) is 46.5 Å². The molecule has 5 nitrogen and oxygen atoms in total. The van der Waals surface area contributed by atoms with Gasteiger partial charge in [-0.1, -0.05) is 18.7 Å². The van der Waals surface area contributed by atoms with Gasteiger partial charge in [-0.3, -0.25) is 4.79 Å². The van der Waals surface area contributed by atoms with Crippen molar-refractivity contribution in [3.05, 3.63) is 64.8 Å². The highest BCUT2D eigenvalue weighted by Crippen LogP contribution is 2.35. The highest BCUT2D eigenvalue weighted by molar-refractivity contribution is 9.10. The predicted octanol–water partition coefficient (Wildman–Crippen LogP) is 4.41. The molecule has 0 saturated carbocycles. The number of alkyl halides is 1. The zero-order valence-corrected chi connectivity index (χ0v) is 16.7. The molecule has 148 valence electrons. The van der Waals surface area contributed by atoms with Crippen molar-refractivity contribution in [1.29, 1.82) is 0 Å². The lowest BCUT2D eigenvalue weighted by molar-refractivity contribution is -0.128. The molecular formula is C20H20BrF2N3O2. The number of amides is 1. The minimum absolute atomic E-state index is 0.00943. The van der Waals surface area contributed by atoms with E-state index in [9.17, 15) is 13.6 Å². The molecule has 1 aliphatic heterocycles. The Morgan fingerprint density at radius 2 is 2.18 bits per heavy atom. The summed E-state index contributed by atoms with van der Waals surface area (Å²) >= 11 is 3.24. The summed E-state index contributed by atoms with van der Waals surface area (Å²) in [6.07, 6.45) is 1.38. The maximum absolute atomic E-state index is 14.0. The fourth-order valence-electron chi connectivity index (χ4n) is 3.21. The number of nitrogens with zero attached hydrogens (tertiary/aromatic N) is 3. The zero-order chi connectivity index (χ0) is 20.1. The first-order valence-electron chi connectivity index (χ1n) is 8.92. The van der Waals surface area contributed by atoms with E-state index in [1.165, 1.54) is 23.4 Å². The fourth-order valence-corrected chi connectivity index (χ4v) is 3.50. The maximum atomic E-state index is 14.0. The van der Waals surface area contributed by atoms with Crippen LogP contribution in [0.1, 0.15) is 30.9 Å². The van der Waals surface area contributed by atoms with Gasteiger partial charge in [-0.15, -0.1) is 0 Å². The van der Waals surface area contributed by atoms with Crippen LogP contribution in [0, 0.1) is 5.82 Å². The minimum atomic E-state index is -1.13. The fraction of sp³-hybridized carbons (Fsp3) is 0.350. The molecule has 2 aromatic rings. The van der Waals surface area contributed by atoms with Gasteiger partial charge in [-0.25, -0.2) is 18.7 Å². The third kappa shape index (κ3) is 5.13. The van der Waals surface area contributed by atoms with E-state index in [1.807, 2.05) is 0 Å². The van der Waals surface area contributed by atoms with E-state index in [2.05, 4.69) is 32.5 Å². The number of carbonyl (C=O) groups excluding carboxylic acids is 1. The predicted molar refractivity (Wildman–Crippen MR) is 104 cm³/mol. The van der Waals surface area contributed by atoms with Crippen LogP contribution < -0.4 is 4.74 Å². The number of halogens is 3. The summed E-state index contributed by atoms with van der Waals surface area (Å²) in [5, 5.41) is 0. The first-order chi connectivity index (χ1) is 13.4. The molecule has 1 fully saturated rings. The Morgan fingerprint density at radius 1 is 1.36 bits per heavy atom. The number of hydrogen-bond donors (Lipinski definition) is 0. The lowest BCUT2D eigenvalue weighted by atomic mass is 10.0. The topological polar surface area (TPSA) is 55.3 Å². The van der Waals surface area contributed by atoms with E-state index in [4.69, 9.17) is 4.74 Å². The first kappa shape index (κ1) is 20.4. The Labute approximate surface area is 170 Å². The molecule has 1 aromatic carbocycles. The number of benzene rings is 1. The molecule has 0 bridgehead atoms. The van der Waals surface area contributed by atoms with Gasteiger partial charge in [0.25, 0.3) is 0 Å². The van der Waals surface area contributed by atoms with Gasteiger partial charge in [0.15, 0.2) is 0 Å². The molecule has 2 unspecified atom stereocenters. The quantitative estimate of drug-likeness (QED) is 0.355. The van der Waals surface area contributed by atoms with Crippen molar-refractivity contribution in [3.8, 4) is 5.88 Å². The number of rotatable bonds is 7. The first-order valence-corrected chi connectivity index (χ1v) is 9.72. The van der Waals surface area contributed by atoms with Crippen LogP contribution in [0.3, 0.4) is 0 Å². The van der Waals surface area contributed by atoms with Crippen LogP contribution in [-0.4, -0.2) is 40.1 Å². The molecule has 1 aromatic heterocycles. The highest BCUT2D eigenvalue weighted by atomic mass is 79.9. The normalized spacial score (nSPS) is 18.9. The van der Waals surface area contributed by atoms with Crippen molar-refractivity contribution in [2.75, 3.05) is 13.2 Å². The highest BCUT2D eigenvalue weighted by Gasteiger charge is 2.37. The van der Waals surface area contributed by atoms with Gasteiger partial charge in [0.05, 0.1) is 19.2 Å². The lowest BCUT2D eigenvalue weighted by Gasteiger charge is -2.25. The largest absolute Gasteiger partial charge is 0.478 e. The molecule has 3 rings (SSSR count). The second-order valence-electron chi connectivity index (χ2n) is 6.60. The summed E-state index contributed by atoms with van der Waals surface area (Å²) in [6.45, 7) is 4.20. The summed E-state index contributed by atoms with van der Waals surface area (Å²) in [6, 6.07) is 7.12. The van der Waals surface area contributed by atoms with E-state index in [0.717, 1.165) is 0 Å². The molecule has 1 amide bonds. The third-order valence-electron chi connectivity index (χ3n) is 4.53. The van der Waals surface area contributed by atoms with Crippen molar-refractivity contribution >= 4 is 21.8 Å². The van der Waals surface area contributed by atoms with Crippen LogP contribution in [0.2, 0.25) is 0 Å². The maximum Gasteiger partial charge on any atom is 0.249 e. The second kappa shape index (κ2) is 9.23. The van der Waals surface area contributed by atoms with E-state index in [0.29, 0.717) is 41.1 Å². The summed E-state index contributed by atoms with van der Waals surface area (Å²) < 4.78 is 33.7. The zero-order valence-electron chi connectivity index (χ0n) is 15.2. The molecule has 1 aliphatic rings. The van der Waals surface area contributed by atoms with Gasteiger partial charge in [0, 0.05) is 18.1 Å². The molecule has 0 N–H and O–H groups in total. The number of likely N-dealkylation sites (tertiary alicyclic amines) is 1. The summed E-state index contributed by atoms with van der Waals surface area (Å²) in [4.78, 5) is 22.1.